The van der Waals surface area contributed by atoms with E-state index < -0.39 is 0 Å². The summed E-state index contributed by atoms with van der Waals surface area (Å²) in [6, 6.07) is 14.5. The van der Waals surface area contributed by atoms with E-state index in [4.69, 9.17) is 4.74 Å². The van der Waals surface area contributed by atoms with Gasteiger partial charge in [-0.1, -0.05) is 89.8 Å². The normalized spacial score (nSPS) is 23.3. The predicted molar refractivity (Wildman–Crippen MR) is 181 cm³/mol. The molecular formula is C40H60O3. The van der Waals surface area contributed by atoms with Gasteiger partial charge in [0.25, 0.3) is 0 Å². The maximum absolute atomic E-state index is 11.9. The van der Waals surface area contributed by atoms with Crippen molar-refractivity contribution in [2.45, 2.75) is 136 Å². The second kappa shape index (κ2) is 16.8. The molecule has 2 saturated carbocycles. The first-order chi connectivity index (χ1) is 20.8. The summed E-state index contributed by atoms with van der Waals surface area (Å²) in [4.78, 5) is 11.9. The fraction of sp³-hybridized carbons (Fsp3) is 0.675. The highest BCUT2D eigenvalue weighted by Crippen LogP contribution is 2.42. The molecule has 3 nitrogen and oxygen atoms in total. The summed E-state index contributed by atoms with van der Waals surface area (Å²) in [6.07, 6.45) is 18.0. The lowest BCUT2D eigenvalue weighted by Gasteiger charge is -2.31. The molecule has 4 rings (SSSR count). The van der Waals surface area contributed by atoms with Crippen molar-refractivity contribution in [2.24, 2.45) is 23.7 Å². The molecule has 2 aromatic carbocycles. The molecule has 2 fully saturated rings. The zero-order chi connectivity index (χ0) is 30.8. The largest absolute Gasteiger partial charge is 0.465 e. The van der Waals surface area contributed by atoms with Crippen LogP contribution in [0.4, 0.5) is 0 Å². The highest BCUT2D eigenvalue weighted by atomic mass is 16.5. The highest BCUT2D eigenvalue weighted by molar-refractivity contribution is 5.71. The molecule has 0 aliphatic heterocycles. The van der Waals surface area contributed by atoms with Gasteiger partial charge in [-0.25, -0.2) is 0 Å². The Morgan fingerprint density at radius 3 is 2.02 bits per heavy atom. The number of esters is 1. The minimum atomic E-state index is -0.168. The Bertz CT molecular complexity index is 1130. The Balaban J connectivity index is 1.32. The zero-order valence-corrected chi connectivity index (χ0v) is 28.0. The number of hydrogen-bond acceptors (Lipinski definition) is 3. The van der Waals surface area contributed by atoms with Gasteiger partial charge in [0, 0.05) is 12.5 Å². The molecular weight excluding hydrogens is 528 g/mol. The van der Waals surface area contributed by atoms with Crippen LogP contribution in [0.3, 0.4) is 0 Å². The monoisotopic (exact) mass is 588 g/mol. The van der Waals surface area contributed by atoms with Gasteiger partial charge in [0.2, 0.25) is 0 Å². The van der Waals surface area contributed by atoms with Gasteiger partial charge in [0.1, 0.15) is 0 Å². The molecule has 43 heavy (non-hydrogen) atoms. The predicted octanol–water partition coefficient (Wildman–Crippen LogP) is 10.6. The summed E-state index contributed by atoms with van der Waals surface area (Å²) >= 11 is 0. The van der Waals surface area contributed by atoms with Crippen LogP contribution in [-0.4, -0.2) is 24.3 Å². The molecule has 1 N–H and O–H groups in total. The van der Waals surface area contributed by atoms with E-state index in [-0.39, 0.29) is 24.4 Å². The first kappa shape index (κ1) is 33.8. The smallest absolute Gasteiger partial charge is 0.308 e. The summed E-state index contributed by atoms with van der Waals surface area (Å²) in [6.45, 7) is 11.1. The van der Waals surface area contributed by atoms with E-state index in [0.717, 1.165) is 24.7 Å². The number of rotatable bonds is 14. The third-order valence-corrected chi connectivity index (χ3v) is 10.8. The van der Waals surface area contributed by atoms with Gasteiger partial charge in [0.05, 0.1) is 12.5 Å². The Kier molecular flexibility index (Phi) is 13.2. The van der Waals surface area contributed by atoms with E-state index in [1.165, 1.54) is 99.3 Å². The van der Waals surface area contributed by atoms with E-state index in [1.54, 1.807) is 11.1 Å². The molecule has 2 aliphatic rings. The van der Waals surface area contributed by atoms with Crippen LogP contribution in [0.15, 0.2) is 36.4 Å². The van der Waals surface area contributed by atoms with Crippen molar-refractivity contribution >= 4 is 5.97 Å². The van der Waals surface area contributed by atoms with Gasteiger partial charge in [-0.2, -0.15) is 0 Å². The van der Waals surface area contributed by atoms with Crippen LogP contribution >= 0.6 is 0 Å². The van der Waals surface area contributed by atoms with Crippen LogP contribution in [0.25, 0.3) is 11.1 Å². The number of ether oxygens (including phenoxy) is 1. The molecule has 0 amide bonds. The molecule has 0 radical (unpaired) electrons. The van der Waals surface area contributed by atoms with Gasteiger partial charge in [0.15, 0.2) is 0 Å². The molecule has 0 heterocycles. The third kappa shape index (κ3) is 9.43. The van der Waals surface area contributed by atoms with Crippen LogP contribution in [-0.2, 0) is 16.0 Å². The lowest BCUT2D eigenvalue weighted by atomic mass is 9.74. The molecule has 3 heteroatoms. The molecule has 238 valence electrons. The zero-order valence-electron chi connectivity index (χ0n) is 28.0. The Hall–Kier alpha value is -2.13. The summed E-state index contributed by atoms with van der Waals surface area (Å²) in [5.74, 6) is 2.69. The number of unbranched alkanes of at least 4 members (excludes halogenated alkanes) is 2. The van der Waals surface area contributed by atoms with Gasteiger partial charge < -0.3 is 9.84 Å². The van der Waals surface area contributed by atoms with E-state index >= 15 is 0 Å². The van der Waals surface area contributed by atoms with E-state index in [2.05, 4.69) is 57.2 Å². The fourth-order valence-corrected chi connectivity index (χ4v) is 7.99. The second-order valence-electron chi connectivity index (χ2n) is 14.3. The average molecular weight is 589 g/mol. The number of benzene rings is 2. The average Bonchev–Trinajstić information content (AvgIpc) is 3.03. The Morgan fingerprint density at radius 2 is 1.44 bits per heavy atom. The minimum absolute atomic E-state index is 0.0512. The third-order valence-electron chi connectivity index (χ3n) is 10.8. The van der Waals surface area contributed by atoms with Crippen molar-refractivity contribution < 1.29 is 14.6 Å². The topological polar surface area (TPSA) is 46.5 Å². The van der Waals surface area contributed by atoms with E-state index in [1.807, 2.05) is 13.8 Å². The molecule has 0 saturated heterocycles. The maximum atomic E-state index is 11.9. The van der Waals surface area contributed by atoms with E-state index in [0.29, 0.717) is 18.4 Å². The number of carbonyl (C=O) groups excluding carboxylic acids is 1. The maximum Gasteiger partial charge on any atom is 0.308 e. The van der Waals surface area contributed by atoms with Gasteiger partial charge in [-0.15, -0.1) is 0 Å². The summed E-state index contributed by atoms with van der Waals surface area (Å²) in [5.41, 5.74) is 8.79. The number of aliphatic hydroxyl groups excluding tert-OH is 1. The summed E-state index contributed by atoms with van der Waals surface area (Å²) in [7, 11) is 0. The summed E-state index contributed by atoms with van der Waals surface area (Å²) in [5, 5.41) is 9.86. The molecule has 2 aliphatic carbocycles. The van der Waals surface area contributed by atoms with E-state index in [9.17, 15) is 9.90 Å². The van der Waals surface area contributed by atoms with Crippen molar-refractivity contribution in [1.29, 1.82) is 0 Å². The first-order valence-corrected chi connectivity index (χ1v) is 17.8. The molecule has 0 aromatic heterocycles. The molecule has 1 atom stereocenters. The van der Waals surface area contributed by atoms with Crippen molar-refractivity contribution in [3.8, 4) is 11.1 Å². The van der Waals surface area contributed by atoms with Gasteiger partial charge in [-0.3, -0.25) is 4.79 Å². The van der Waals surface area contributed by atoms with Gasteiger partial charge >= 0.3 is 5.97 Å². The van der Waals surface area contributed by atoms with Crippen LogP contribution in [0.1, 0.15) is 145 Å². The van der Waals surface area contributed by atoms with Crippen LogP contribution in [0, 0.1) is 30.6 Å². The number of hydrogen-bond donors (Lipinski definition) is 1. The second-order valence-corrected chi connectivity index (χ2v) is 14.3. The number of carbonyl (C=O) groups is 1. The molecule has 1 unspecified atom stereocenters. The van der Waals surface area contributed by atoms with Gasteiger partial charge in [-0.05, 0) is 128 Å². The Morgan fingerprint density at radius 1 is 0.837 bits per heavy atom. The van der Waals surface area contributed by atoms with Crippen LogP contribution < -0.4 is 0 Å². The number of aliphatic hydroxyl groups is 1. The molecule has 0 spiro atoms. The SMILES string of the molecule is CCCCCC1CCC(c2ccc(-c3ccc(C4CCC(CC(CO)COC(=O)C(C)C)CC4)c(C)c3)cc2CC)CC1. The Labute approximate surface area is 263 Å². The minimum Gasteiger partial charge on any atom is -0.465 e. The summed E-state index contributed by atoms with van der Waals surface area (Å²) < 4.78 is 5.42. The standard InChI is InChI=1S/C40H60O3/c1-6-8-9-10-30-11-15-35(16-12-30)39-22-20-37(25-33(39)7-2)36-19-21-38(29(5)23-36)34-17-13-31(14-18-34)24-32(26-41)27-43-40(42)28(3)4/h19-23,25,28,30-32,34-35,41H,6-18,24,26-27H2,1-5H3. The van der Waals surface area contributed by atoms with Crippen molar-refractivity contribution in [3.63, 3.8) is 0 Å². The van der Waals surface area contributed by atoms with Crippen molar-refractivity contribution in [2.75, 3.05) is 13.2 Å². The number of aryl methyl sites for hydroxylation is 2. The first-order valence-electron chi connectivity index (χ1n) is 17.8. The highest BCUT2D eigenvalue weighted by Gasteiger charge is 2.27. The quantitative estimate of drug-likeness (QED) is 0.176. The van der Waals surface area contributed by atoms with Crippen LogP contribution in [0.2, 0.25) is 0 Å². The lowest BCUT2D eigenvalue weighted by molar-refractivity contribution is -0.149. The molecule has 2 aromatic rings. The fourth-order valence-electron chi connectivity index (χ4n) is 7.99. The van der Waals surface area contributed by atoms with Crippen molar-refractivity contribution in [3.05, 3.63) is 58.7 Å². The van der Waals surface area contributed by atoms with Crippen molar-refractivity contribution in [1.82, 2.24) is 0 Å². The lowest BCUT2D eigenvalue weighted by Crippen LogP contribution is -2.24. The van der Waals surface area contributed by atoms with Crippen LogP contribution in [0.5, 0.6) is 0 Å². The molecule has 0 bridgehead atoms.